The van der Waals surface area contributed by atoms with Crippen LogP contribution in [0, 0.1) is 13.8 Å². The van der Waals surface area contributed by atoms with Gasteiger partial charge in [0.2, 0.25) is 12.3 Å². The van der Waals surface area contributed by atoms with Gasteiger partial charge in [-0.1, -0.05) is 6.07 Å². The van der Waals surface area contributed by atoms with E-state index in [0.29, 0.717) is 23.0 Å². The van der Waals surface area contributed by atoms with Gasteiger partial charge in [-0.25, -0.2) is 4.98 Å². The van der Waals surface area contributed by atoms with E-state index in [2.05, 4.69) is 30.5 Å². The van der Waals surface area contributed by atoms with Crippen molar-refractivity contribution < 1.29 is 9.21 Å². The molecule has 0 radical (unpaired) electrons. The van der Waals surface area contributed by atoms with Gasteiger partial charge in [-0.05, 0) is 43.2 Å². The minimum atomic E-state index is -0.253. The van der Waals surface area contributed by atoms with Crippen molar-refractivity contribution in [3.8, 4) is 22.7 Å². The normalized spacial score (nSPS) is 10.6. The highest BCUT2D eigenvalue weighted by atomic mass is 16.4. The molecule has 28 heavy (non-hydrogen) atoms. The highest BCUT2D eigenvalue weighted by Crippen LogP contribution is 2.27. The van der Waals surface area contributed by atoms with Gasteiger partial charge < -0.3 is 9.73 Å². The summed E-state index contributed by atoms with van der Waals surface area (Å²) in [6, 6.07) is 7.45. The summed E-state index contributed by atoms with van der Waals surface area (Å²) in [5, 5.41) is 10.4. The van der Waals surface area contributed by atoms with Crippen LogP contribution in [0.25, 0.3) is 22.7 Å². The zero-order valence-corrected chi connectivity index (χ0v) is 15.2. The van der Waals surface area contributed by atoms with Crippen molar-refractivity contribution >= 4 is 11.7 Å². The molecule has 3 heterocycles. The number of anilines is 1. The van der Waals surface area contributed by atoms with E-state index in [4.69, 9.17) is 4.42 Å². The number of hydrogen-bond donors (Lipinski definition) is 1. The zero-order chi connectivity index (χ0) is 19.5. The topological polar surface area (TPSA) is 107 Å². The SMILES string of the molecule is Cc1cnccc1C(=O)Nc1cnc(-c2cc(-c3nnco3)ccc2C)cn1. The summed E-state index contributed by atoms with van der Waals surface area (Å²) in [5.74, 6) is 0.554. The fourth-order valence-corrected chi connectivity index (χ4v) is 2.77. The highest BCUT2D eigenvalue weighted by molar-refractivity contribution is 6.04. The third-order valence-corrected chi connectivity index (χ3v) is 4.28. The van der Waals surface area contributed by atoms with Crippen molar-refractivity contribution in [2.75, 3.05) is 5.32 Å². The monoisotopic (exact) mass is 372 g/mol. The van der Waals surface area contributed by atoms with Crippen molar-refractivity contribution in [2.45, 2.75) is 13.8 Å². The maximum Gasteiger partial charge on any atom is 0.257 e. The van der Waals surface area contributed by atoms with Crippen LogP contribution in [0.2, 0.25) is 0 Å². The molecule has 4 rings (SSSR count). The largest absolute Gasteiger partial charge is 0.423 e. The molecule has 0 saturated heterocycles. The molecule has 0 saturated carbocycles. The van der Waals surface area contributed by atoms with E-state index in [-0.39, 0.29) is 5.91 Å². The van der Waals surface area contributed by atoms with Gasteiger partial charge in [0.25, 0.3) is 5.91 Å². The Bertz CT molecular complexity index is 1120. The maximum absolute atomic E-state index is 12.4. The Kier molecular flexibility index (Phi) is 4.59. The lowest BCUT2D eigenvalue weighted by atomic mass is 10.0. The van der Waals surface area contributed by atoms with Crippen molar-refractivity contribution in [2.24, 2.45) is 0 Å². The number of nitrogens with one attached hydrogen (secondary N) is 1. The molecule has 0 atom stereocenters. The smallest absolute Gasteiger partial charge is 0.257 e. The number of pyridine rings is 1. The lowest BCUT2D eigenvalue weighted by molar-refractivity contribution is 0.102. The number of rotatable bonds is 4. The molecular weight excluding hydrogens is 356 g/mol. The predicted molar refractivity (Wildman–Crippen MR) is 102 cm³/mol. The first-order chi connectivity index (χ1) is 13.6. The third-order valence-electron chi connectivity index (χ3n) is 4.28. The summed E-state index contributed by atoms with van der Waals surface area (Å²) in [6.45, 7) is 3.81. The standard InChI is InChI=1S/C20H16N6O2/c1-12-3-4-14(20-26-24-11-28-20)7-16(12)17-9-23-18(10-22-17)25-19(27)15-5-6-21-8-13(15)2/h3-11H,1-2H3,(H,23,25,27). The van der Waals surface area contributed by atoms with Crippen LogP contribution in [0.4, 0.5) is 5.82 Å². The molecule has 8 heteroatoms. The Morgan fingerprint density at radius 2 is 1.93 bits per heavy atom. The fraction of sp³-hybridized carbons (Fsp3) is 0.100. The van der Waals surface area contributed by atoms with Gasteiger partial charge in [0.15, 0.2) is 5.82 Å². The number of carbonyl (C=O) groups excluding carboxylic acids is 1. The first-order valence-electron chi connectivity index (χ1n) is 8.53. The number of carbonyl (C=O) groups is 1. The minimum absolute atomic E-state index is 0.253. The van der Waals surface area contributed by atoms with E-state index in [0.717, 1.165) is 22.3 Å². The molecule has 0 unspecified atom stereocenters. The van der Waals surface area contributed by atoms with Crippen LogP contribution in [0.15, 0.2) is 59.9 Å². The van der Waals surface area contributed by atoms with Gasteiger partial charge in [-0.15, -0.1) is 10.2 Å². The molecule has 0 aliphatic carbocycles. The van der Waals surface area contributed by atoms with Crippen molar-refractivity contribution in [1.29, 1.82) is 0 Å². The summed E-state index contributed by atoms with van der Waals surface area (Å²) in [6.07, 6.45) is 7.66. The molecule has 3 aromatic heterocycles. The number of amides is 1. The Balaban J connectivity index is 1.58. The lowest BCUT2D eigenvalue weighted by Gasteiger charge is -2.09. The van der Waals surface area contributed by atoms with E-state index < -0.39 is 0 Å². The van der Waals surface area contributed by atoms with E-state index in [1.807, 2.05) is 32.0 Å². The van der Waals surface area contributed by atoms with Gasteiger partial charge in [-0.3, -0.25) is 14.8 Å². The van der Waals surface area contributed by atoms with Crippen LogP contribution in [0.1, 0.15) is 21.5 Å². The third kappa shape index (κ3) is 3.48. The number of benzene rings is 1. The molecule has 1 N–H and O–H groups in total. The van der Waals surface area contributed by atoms with E-state index in [9.17, 15) is 4.79 Å². The maximum atomic E-state index is 12.4. The molecule has 1 aromatic carbocycles. The summed E-state index contributed by atoms with van der Waals surface area (Å²) in [5.41, 5.74) is 4.73. The summed E-state index contributed by atoms with van der Waals surface area (Å²) >= 11 is 0. The summed E-state index contributed by atoms with van der Waals surface area (Å²) in [4.78, 5) is 25.1. The van der Waals surface area contributed by atoms with E-state index >= 15 is 0 Å². The molecule has 0 spiro atoms. The lowest BCUT2D eigenvalue weighted by Crippen LogP contribution is -2.14. The highest BCUT2D eigenvalue weighted by Gasteiger charge is 2.12. The quantitative estimate of drug-likeness (QED) is 0.584. The molecule has 0 aliphatic heterocycles. The molecule has 138 valence electrons. The van der Waals surface area contributed by atoms with Crippen molar-refractivity contribution in [3.63, 3.8) is 0 Å². The Hall–Kier alpha value is -3.94. The van der Waals surface area contributed by atoms with Gasteiger partial charge >= 0.3 is 0 Å². The second kappa shape index (κ2) is 7.36. The Labute approximate surface area is 160 Å². The number of hydrogen-bond acceptors (Lipinski definition) is 7. The number of nitrogens with zero attached hydrogens (tertiary/aromatic N) is 5. The van der Waals surface area contributed by atoms with Crippen LogP contribution < -0.4 is 5.32 Å². The number of aryl methyl sites for hydroxylation is 2. The molecule has 1 amide bonds. The van der Waals surface area contributed by atoms with Gasteiger partial charge in [0, 0.05) is 29.1 Å². The van der Waals surface area contributed by atoms with E-state index in [1.165, 1.54) is 12.6 Å². The van der Waals surface area contributed by atoms with E-state index in [1.54, 1.807) is 24.7 Å². The van der Waals surface area contributed by atoms with Crippen LogP contribution in [0.3, 0.4) is 0 Å². The molecule has 4 aromatic rings. The second-order valence-electron chi connectivity index (χ2n) is 6.21. The average Bonchev–Trinajstić information content (AvgIpc) is 3.24. The summed E-state index contributed by atoms with van der Waals surface area (Å²) < 4.78 is 5.25. The van der Waals surface area contributed by atoms with Crippen LogP contribution in [-0.2, 0) is 0 Å². The van der Waals surface area contributed by atoms with Gasteiger partial charge in [0.1, 0.15) is 0 Å². The van der Waals surface area contributed by atoms with Crippen LogP contribution in [-0.4, -0.2) is 31.1 Å². The zero-order valence-electron chi connectivity index (χ0n) is 15.2. The fourth-order valence-electron chi connectivity index (χ4n) is 2.77. The number of aromatic nitrogens is 5. The summed E-state index contributed by atoms with van der Waals surface area (Å²) in [7, 11) is 0. The first-order valence-corrected chi connectivity index (χ1v) is 8.53. The van der Waals surface area contributed by atoms with Gasteiger partial charge in [0.05, 0.1) is 18.1 Å². The molecular formula is C20H16N6O2. The van der Waals surface area contributed by atoms with Crippen LogP contribution in [0.5, 0.6) is 0 Å². The first kappa shape index (κ1) is 17.5. The second-order valence-corrected chi connectivity index (χ2v) is 6.21. The molecule has 0 bridgehead atoms. The van der Waals surface area contributed by atoms with Crippen molar-refractivity contribution in [3.05, 3.63) is 72.1 Å². The van der Waals surface area contributed by atoms with Crippen molar-refractivity contribution in [1.82, 2.24) is 25.1 Å². The minimum Gasteiger partial charge on any atom is -0.423 e. The predicted octanol–water partition coefficient (Wildman–Crippen LogP) is 3.46. The van der Waals surface area contributed by atoms with Crippen LogP contribution >= 0.6 is 0 Å². The molecule has 0 fully saturated rings. The Morgan fingerprint density at radius 1 is 1.04 bits per heavy atom. The average molecular weight is 372 g/mol. The Morgan fingerprint density at radius 3 is 2.64 bits per heavy atom. The molecule has 8 nitrogen and oxygen atoms in total. The van der Waals surface area contributed by atoms with Gasteiger partial charge in [-0.2, -0.15) is 0 Å². The molecule has 0 aliphatic rings.